The molecule has 3 rings (SSSR count). The normalized spacial score (nSPS) is 28.3. The van der Waals surface area contributed by atoms with Gasteiger partial charge in [0, 0.05) is 29.6 Å². The first-order valence-electron chi connectivity index (χ1n) is 6.57. The van der Waals surface area contributed by atoms with Gasteiger partial charge in [-0.1, -0.05) is 15.9 Å². The minimum absolute atomic E-state index is 0.317. The van der Waals surface area contributed by atoms with Crippen molar-refractivity contribution in [3.63, 3.8) is 0 Å². The van der Waals surface area contributed by atoms with Crippen molar-refractivity contribution in [3.05, 3.63) is 28.7 Å². The van der Waals surface area contributed by atoms with E-state index in [1.54, 1.807) is 28.6 Å². The highest BCUT2D eigenvalue weighted by Gasteiger charge is 2.34. The standard InChI is InChI=1S/C13H17BrN2O2S/c14-10-1-5-13(6-2-10)19(17,18)16-8-7-11-3-4-12(9-16)15-11/h1-2,5-6,11-12,15H,3-4,7-9H2. The van der Waals surface area contributed by atoms with Crippen molar-refractivity contribution in [3.8, 4) is 0 Å². The Labute approximate surface area is 122 Å². The van der Waals surface area contributed by atoms with Crippen LogP contribution in [0.1, 0.15) is 19.3 Å². The molecule has 19 heavy (non-hydrogen) atoms. The van der Waals surface area contributed by atoms with E-state index < -0.39 is 10.0 Å². The Morgan fingerprint density at radius 3 is 2.53 bits per heavy atom. The van der Waals surface area contributed by atoms with Gasteiger partial charge in [-0.25, -0.2) is 8.42 Å². The average Bonchev–Trinajstić information content (AvgIpc) is 2.69. The maximum Gasteiger partial charge on any atom is 0.243 e. The van der Waals surface area contributed by atoms with Gasteiger partial charge in [0.1, 0.15) is 0 Å². The van der Waals surface area contributed by atoms with Crippen molar-refractivity contribution < 1.29 is 8.42 Å². The van der Waals surface area contributed by atoms with Crippen molar-refractivity contribution in [2.75, 3.05) is 13.1 Å². The van der Waals surface area contributed by atoms with Gasteiger partial charge in [0.25, 0.3) is 0 Å². The summed E-state index contributed by atoms with van der Waals surface area (Å²) in [5.41, 5.74) is 0. The van der Waals surface area contributed by atoms with E-state index in [9.17, 15) is 8.42 Å². The number of halogens is 1. The topological polar surface area (TPSA) is 49.4 Å². The summed E-state index contributed by atoms with van der Waals surface area (Å²) in [5.74, 6) is 0. The van der Waals surface area contributed by atoms with Crippen molar-refractivity contribution in [2.24, 2.45) is 0 Å². The molecule has 2 saturated heterocycles. The first-order chi connectivity index (χ1) is 9.05. The third kappa shape index (κ3) is 2.72. The molecule has 0 aliphatic carbocycles. The molecule has 2 aliphatic rings. The first-order valence-corrected chi connectivity index (χ1v) is 8.81. The second-order valence-corrected chi connectivity index (χ2v) is 8.10. The van der Waals surface area contributed by atoms with Crippen molar-refractivity contribution >= 4 is 26.0 Å². The summed E-state index contributed by atoms with van der Waals surface area (Å²) >= 11 is 3.33. The highest BCUT2D eigenvalue weighted by Crippen LogP contribution is 2.25. The van der Waals surface area contributed by atoms with E-state index in [1.807, 2.05) is 0 Å². The van der Waals surface area contributed by atoms with Crippen LogP contribution in [0.5, 0.6) is 0 Å². The molecule has 4 nitrogen and oxygen atoms in total. The van der Waals surface area contributed by atoms with Gasteiger partial charge in [-0.2, -0.15) is 4.31 Å². The van der Waals surface area contributed by atoms with Gasteiger partial charge < -0.3 is 5.32 Å². The lowest BCUT2D eigenvalue weighted by molar-refractivity contribution is 0.383. The Morgan fingerprint density at radius 1 is 1.11 bits per heavy atom. The van der Waals surface area contributed by atoms with Crippen LogP contribution in [0.4, 0.5) is 0 Å². The number of nitrogens with zero attached hydrogens (tertiary/aromatic N) is 1. The van der Waals surface area contributed by atoms with E-state index in [0.29, 0.717) is 30.1 Å². The van der Waals surface area contributed by atoms with Crippen LogP contribution >= 0.6 is 15.9 Å². The third-order valence-corrected chi connectivity index (χ3v) is 6.35. The highest BCUT2D eigenvalue weighted by molar-refractivity contribution is 9.10. The number of fused-ring (bicyclic) bond motifs is 2. The molecule has 1 aromatic carbocycles. The molecule has 2 atom stereocenters. The fourth-order valence-electron chi connectivity index (χ4n) is 2.88. The van der Waals surface area contributed by atoms with Crippen LogP contribution < -0.4 is 5.32 Å². The van der Waals surface area contributed by atoms with Crippen LogP contribution in [0.15, 0.2) is 33.6 Å². The zero-order valence-corrected chi connectivity index (χ0v) is 13.0. The average molecular weight is 345 g/mol. The maximum absolute atomic E-state index is 12.6. The second kappa shape index (κ2) is 5.16. The third-order valence-electron chi connectivity index (χ3n) is 3.94. The van der Waals surface area contributed by atoms with Crippen LogP contribution in [0.3, 0.4) is 0 Å². The van der Waals surface area contributed by atoms with Gasteiger partial charge in [-0.05, 0) is 43.5 Å². The van der Waals surface area contributed by atoms with Crippen LogP contribution in [-0.4, -0.2) is 37.9 Å². The molecule has 2 aliphatic heterocycles. The number of nitrogens with one attached hydrogen (secondary N) is 1. The van der Waals surface area contributed by atoms with Gasteiger partial charge in [0.15, 0.2) is 0 Å². The molecule has 2 bridgehead atoms. The fourth-order valence-corrected chi connectivity index (χ4v) is 4.65. The Morgan fingerprint density at radius 2 is 1.79 bits per heavy atom. The predicted molar refractivity (Wildman–Crippen MR) is 77.5 cm³/mol. The van der Waals surface area contributed by atoms with Crippen LogP contribution in [-0.2, 0) is 10.0 Å². The number of hydrogen-bond donors (Lipinski definition) is 1. The minimum Gasteiger partial charge on any atom is -0.310 e. The monoisotopic (exact) mass is 344 g/mol. The zero-order valence-electron chi connectivity index (χ0n) is 10.5. The Kier molecular flexibility index (Phi) is 3.68. The molecule has 104 valence electrons. The van der Waals surface area contributed by atoms with E-state index >= 15 is 0 Å². The zero-order chi connectivity index (χ0) is 13.5. The molecule has 1 N–H and O–H groups in total. The van der Waals surface area contributed by atoms with Crippen molar-refractivity contribution in [1.82, 2.24) is 9.62 Å². The molecule has 2 unspecified atom stereocenters. The van der Waals surface area contributed by atoms with Crippen LogP contribution in [0.25, 0.3) is 0 Å². The summed E-state index contributed by atoms with van der Waals surface area (Å²) in [6.45, 7) is 1.21. The highest BCUT2D eigenvalue weighted by atomic mass is 79.9. The SMILES string of the molecule is O=S(=O)(c1ccc(Br)cc1)N1CCC2CCC(C1)N2. The number of hydrogen-bond acceptors (Lipinski definition) is 3. The number of benzene rings is 1. The largest absolute Gasteiger partial charge is 0.310 e. The quantitative estimate of drug-likeness (QED) is 0.892. The summed E-state index contributed by atoms with van der Waals surface area (Å²) in [5, 5.41) is 3.50. The van der Waals surface area contributed by atoms with Gasteiger partial charge in [-0.15, -0.1) is 0 Å². The molecule has 0 aromatic heterocycles. The molecule has 0 radical (unpaired) electrons. The van der Waals surface area contributed by atoms with Gasteiger partial charge in [0.2, 0.25) is 10.0 Å². The maximum atomic E-state index is 12.6. The first kappa shape index (κ1) is 13.5. The summed E-state index contributed by atoms with van der Waals surface area (Å²) in [7, 11) is -3.35. The predicted octanol–water partition coefficient (Wildman–Crippen LogP) is 1.96. The van der Waals surface area contributed by atoms with E-state index in [0.717, 1.165) is 17.3 Å². The Hall–Kier alpha value is -0.430. The lowest BCUT2D eigenvalue weighted by Gasteiger charge is -2.23. The summed E-state index contributed by atoms with van der Waals surface area (Å²) in [4.78, 5) is 0.383. The molecule has 0 saturated carbocycles. The van der Waals surface area contributed by atoms with E-state index in [-0.39, 0.29) is 0 Å². The molecular weight excluding hydrogens is 328 g/mol. The molecule has 6 heteroatoms. The number of sulfonamides is 1. The van der Waals surface area contributed by atoms with Gasteiger partial charge in [-0.3, -0.25) is 0 Å². The number of rotatable bonds is 2. The molecule has 2 heterocycles. The van der Waals surface area contributed by atoms with E-state index in [2.05, 4.69) is 21.2 Å². The van der Waals surface area contributed by atoms with Crippen molar-refractivity contribution in [1.29, 1.82) is 0 Å². The van der Waals surface area contributed by atoms with Crippen LogP contribution in [0, 0.1) is 0 Å². The van der Waals surface area contributed by atoms with Crippen LogP contribution in [0.2, 0.25) is 0 Å². The summed E-state index contributed by atoms with van der Waals surface area (Å²) in [6.07, 6.45) is 3.17. The molecule has 0 amide bonds. The lowest BCUT2D eigenvalue weighted by atomic mass is 10.1. The van der Waals surface area contributed by atoms with Gasteiger partial charge >= 0.3 is 0 Å². The Bertz CT molecular complexity index is 559. The van der Waals surface area contributed by atoms with Crippen molar-refractivity contribution in [2.45, 2.75) is 36.2 Å². The Balaban J connectivity index is 1.85. The van der Waals surface area contributed by atoms with E-state index in [1.165, 1.54) is 6.42 Å². The summed E-state index contributed by atoms with van der Waals surface area (Å²) in [6, 6.07) is 7.68. The lowest BCUT2D eigenvalue weighted by Crippen LogP contribution is -2.39. The van der Waals surface area contributed by atoms with Gasteiger partial charge in [0.05, 0.1) is 4.90 Å². The molecule has 2 fully saturated rings. The van der Waals surface area contributed by atoms with E-state index in [4.69, 9.17) is 0 Å². The smallest absolute Gasteiger partial charge is 0.243 e. The molecular formula is C13H17BrN2O2S. The minimum atomic E-state index is -3.35. The molecule has 1 aromatic rings. The molecule has 0 spiro atoms. The second-order valence-electron chi connectivity index (χ2n) is 5.24. The summed E-state index contributed by atoms with van der Waals surface area (Å²) < 4.78 is 27.7. The fraction of sp³-hybridized carbons (Fsp3) is 0.538.